The van der Waals surface area contributed by atoms with Gasteiger partial charge in [0.1, 0.15) is 0 Å². The Morgan fingerprint density at radius 2 is 1.58 bits per heavy atom. The molecule has 4 heteroatoms. The van der Waals surface area contributed by atoms with E-state index in [2.05, 4.69) is 29.2 Å². The number of nitrogens with zero attached hydrogens (tertiary/aromatic N) is 3. The first-order valence-electron chi connectivity index (χ1n) is 9.49. The summed E-state index contributed by atoms with van der Waals surface area (Å²) >= 11 is 0. The van der Waals surface area contributed by atoms with Crippen molar-refractivity contribution in [1.82, 2.24) is 9.80 Å². The fourth-order valence-corrected chi connectivity index (χ4v) is 4.18. The molecule has 1 saturated heterocycles. The van der Waals surface area contributed by atoms with Crippen LogP contribution < -0.4 is 4.90 Å². The first-order valence-corrected chi connectivity index (χ1v) is 9.49. The Kier molecular flexibility index (Phi) is 4.68. The van der Waals surface area contributed by atoms with Crippen LogP contribution in [0.4, 0.5) is 5.69 Å². The number of carbonyl (C=O) groups excluding carboxylic acids is 1. The molecule has 26 heavy (non-hydrogen) atoms. The summed E-state index contributed by atoms with van der Waals surface area (Å²) in [7, 11) is 4.00. The van der Waals surface area contributed by atoms with Gasteiger partial charge in [-0.05, 0) is 42.2 Å². The largest absolute Gasteiger partial charge is 0.378 e. The van der Waals surface area contributed by atoms with Crippen molar-refractivity contribution in [2.75, 3.05) is 45.2 Å². The van der Waals surface area contributed by atoms with Gasteiger partial charge in [-0.1, -0.05) is 30.3 Å². The number of hydrogen-bond acceptors (Lipinski definition) is 3. The maximum atomic E-state index is 12.9. The maximum Gasteiger partial charge on any atom is 0.254 e. The molecule has 1 aliphatic heterocycles. The van der Waals surface area contributed by atoms with Crippen molar-refractivity contribution in [2.24, 2.45) is 0 Å². The molecule has 0 aromatic heterocycles. The van der Waals surface area contributed by atoms with Crippen LogP contribution in [0.2, 0.25) is 0 Å². The van der Waals surface area contributed by atoms with E-state index in [1.165, 1.54) is 11.1 Å². The molecule has 0 radical (unpaired) electrons. The van der Waals surface area contributed by atoms with Crippen LogP contribution in [0, 0.1) is 0 Å². The Morgan fingerprint density at radius 3 is 2.19 bits per heavy atom. The van der Waals surface area contributed by atoms with Gasteiger partial charge >= 0.3 is 0 Å². The molecule has 0 spiro atoms. The van der Waals surface area contributed by atoms with Gasteiger partial charge < -0.3 is 9.80 Å². The molecule has 1 fully saturated rings. The molecule has 1 amide bonds. The molecule has 2 aromatic carbocycles. The minimum atomic E-state index is 0.156. The van der Waals surface area contributed by atoms with E-state index in [0.717, 1.165) is 50.3 Å². The molecule has 1 heterocycles. The third kappa shape index (κ3) is 3.34. The fraction of sp³-hybridized carbons (Fsp3) is 0.409. The first-order chi connectivity index (χ1) is 12.6. The second-order valence-corrected chi connectivity index (χ2v) is 7.60. The molecule has 0 N–H and O–H groups in total. The summed E-state index contributed by atoms with van der Waals surface area (Å²) in [6.45, 7) is 3.57. The Morgan fingerprint density at radius 1 is 0.923 bits per heavy atom. The van der Waals surface area contributed by atoms with Crippen molar-refractivity contribution in [3.63, 3.8) is 0 Å². The van der Waals surface area contributed by atoms with Crippen molar-refractivity contribution in [2.45, 2.75) is 18.9 Å². The zero-order valence-corrected chi connectivity index (χ0v) is 15.7. The summed E-state index contributed by atoms with van der Waals surface area (Å²) in [5.41, 5.74) is 4.85. The molecule has 136 valence electrons. The normalized spacial score (nSPS) is 18.0. The highest BCUT2D eigenvalue weighted by atomic mass is 16.2. The van der Waals surface area contributed by atoms with Crippen LogP contribution in [-0.2, 0) is 12.8 Å². The number of amides is 1. The third-order valence-electron chi connectivity index (χ3n) is 5.76. The summed E-state index contributed by atoms with van der Waals surface area (Å²) in [4.78, 5) is 19.5. The standard InChI is InChI=1S/C22H27N3O/c1-23(2)20-9-5-8-19(16-20)22(26)25-12-10-24(11-13-25)21-14-17-6-3-4-7-18(17)15-21/h3-9,16,21H,10-15H2,1-2H3. The molecule has 0 atom stereocenters. The lowest BCUT2D eigenvalue weighted by Gasteiger charge is -2.38. The van der Waals surface area contributed by atoms with Gasteiger partial charge in [-0.2, -0.15) is 0 Å². The predicted molar refractivity (Wildman–Crippen MR) is 106 cm³/mol. The van der Waals surface area contributed by atoms with E-state index in [1.807, 2.05) is 48.2 Å². The number of anilines is 1. The molecule has 0 saturated carbocycles. The minimum absolute atomic E-state index is 0.156. The predicted octanol–water partition coefficient (Wildman–Crippen LogP) is 2.68. The van der Waals surface area contributed by atoms with Gasteiger partial charge in [0, 0.05) is 57.6 Å². The highest BCUT2D eigenvalue weighted by Crippen LogP contribution is 2.26. The summed E-state index contributed by atoms with van der Waals surface area (Å²) in [6, 6.07) is 17.3. The number of piperazine rings is 1. The highest BCUT2D eigenvalue weighted by Gasteiger charge is 2.30. The van der Waals surface area contributed by atoms with Crippen LogP contribution in [0.25, 0.3) is 0 Å². The van der Waals surface area contributed by atoms with Crippen molar-refractivity contribution >= 4 is 11.6 Å². The molecule has 0 unspecified atom stereocenters. The van der Waals surface area contributed by atoms with Gasteiger partial charge in [0.2, 0.25) is 0 Å². The third-order valence-corrected chi connectivity index (χ3v) is 5.76. The average molecular weight is 349 g/mol. The lowest BCUT2D eigenvalue weighted by Crippen LogP contribution is -2.52. The zero-order valence-electron chi connectivity index (χ0n) is 15.7. The number of rotatable bonds is 3. The topological polar surface area (TPSA) is 26.8 Å². The molecule has 1 aliphatic carbocycles. The zero-order chi connectivity index (χ0) is 18.1. The summed E-state index contributed by atoms with van der Waals surface area (Å²) < 4.78 is 0. The quantitative estimate of drug-likeness (QED) is 0.852. The van der Waals surface area contributed by atoms with Crippen molar-refractivity contribution in [3.05, 3.63) is 65.2 Å². The molecular formula is C22H27N3O. The average Bonchev–Trinajstić information content (AvgIpc) is 3.12. The van der Waals surface area contributed by atoms with Crippen LogP contribution in [0.5, 0.6) is 0 Å². The van der Waals surface area contributed by atoms with E-state index in [9.17, 15) is 4.79 Å². The minimum Gasteiger partial charge on any atom is -0.378 e. The first kappa shape index (κ1) is 17.1. The fourth-order valence-electron chi connectivity index (χ4n) is 4.18. The van der Waals surface area contributed by atoms with E-state index in [1.54, 1.807) is 0 Å². The molecule has 2 aliphatic rings. The van der Waals surface area contributed by atoms with Crippen molar-refractivity contribution in [3.8, 4) is 0 Å². The molecule has 0 bridgehead atoms. The van der Waals surface area contributed by atoms with E-state index >= 15 is 0 Å². The van der Waals surface area contributed by atoms with E-state index in [4.69, 9.17) is 0 Å². The van der Waals surface area contributed by atoms with Crippen LogP contribution in [0.3, 0.4) is 0 Å². The summed E-state index contributed by atoms with van der Waals surface area (Å²) in [6.07, 6.45) is 2.30. The van der Waals surface area contributed by atoms with E-state index in [-0.39, 0.29) is 5.91 Å². The maximum absolute atomic E-state index is 12.9. The van der Waals surface area contributed by atoms with Gasteiger partial charge in [-0.15, -0.1) is 0 Å². The SMILES string of the molecule is CN(C)c1cccc(C(=O)N2CCN(C3Cc4ccccc4C3)CC2)c1. The molecule has 4 rings (SSSR count). The number of benzene rings is 2. The lowest BCUT2D eigenvalue weighted by atomic mass is 10.1. The van der Waals surface area contributed by atoms with Crippen LogP contribution >= 0.6 is 0 Å². The highest BCUT2D eigenvalue weighted by molar-refractivity contribution is 5.95. The Labute approximate surface area is 156 Å². The Balaban J connectivity index is 1.37. The molecule has 2 aromatic rings. The van der Waals surface area contributed by atoms with Gasteiger partial charge in [0.25, 0.3) is 5.91 Å². The van der Waals surface area contributed by atoms with Crippen LogP contribution in [0.1, 0.15) is 21.5 Å². The van der Waals surface area contributed by atoms with Gasteiger partial charge in [-0.3, -0.25) is 9.69 Å². The van der Waals surface area contributed by atoms with Crippen molar-refractivity contribution < 1.29 is 4.79 Å². The second-order valence-electron chi connectivity index (χ2n) is 7.60. The molecular weight excluding hydrogens is 322 g/mol. The number of fused-ring (bicyclic) bond motifs is 1. The number of carbonyl (C=O) groups is 1. The number of hydrogen-bond donors (Lipinski definition) is 0. The van der Waals surface area contributed by atoms with Gasteiger partial charge in [-0.25, -0.2) is 0 Å². The Hall–Kier alpha value is -2.33. The van der Waals surface area contributed by atoms with Gasteiger partial charge in [0.05, 0.1) is 0 Å². The van der Waals surface area contributed by atoms with E-state index in [0.29, 0.717) is 6.04 Å². The van der Waals surface area contributed by atoms with Crippen LogP contribution in [-0.4, -0.2) is 62.0 Å². The smallest absolute Gasteiger partial charge is 0.254 e. The van der Waals surface area contributed by atoms with Gasteiger partial charge in [0.15, 0.2) is 0 Å². The Bertz CT molecular complexity index is 768. The van der Waals surface area contributed by atoms with Crippen LogP contribution in [0.15, 0.2) is 48.5 Å². The summed E-state index contributed by atoms with van der Waals surface area (Å²) in [5.74, 6) is 0.156. The summed E-state index contributed by atoms with van der Waals surface area (Å²) in [5, 5.41) is 0. The van der Waals surface area contributed by atoms with Crippen molar-refractivity contribution in [1.29, 1.82) is 0 Å². The second kappa shape index (κ2) is 7.12. The molecule has 4 nitrogen and oxygen atoms in total. The monoisotopic (exact) mass is 349 g/mol. The lowest BCUT2D eigenvalue weighted by molar-refractivity contribution is 0.0576. The van der Waals surface area contributed by atoms with E-state index < -0.39 is 0 Å².